The molecule has 2 aliphatic rings. The predicted molar refractivity (Wildman–Crippen MR) is 74.4 cm³/mol. The summed E-state index contributed by atoms with van der Waals surface area (Å²) in [7, 11) is 0. The first-order valence-electron chi connectivity index (χ1n) is 6.98. The summed E-state index contributed by atoms with van der Waals surface area (Å²) in [6, 6.07) is 9.17. The van der Waals surface area contributed by atoms with Gasteiger partial charge in [-0.15, -0.1) is 0 Å². The number of aliphatic imine (C=N–C) groups is 1. The second kappa shape index (κ2) is 5.11. The van der Waals surface area contributed by atoms with Crippen molar-refractivity contribution >= 4 is 5.84 Å². The summed E-state index contributed by atoms with van der Waals surface area (Å²) < 4.78 is 0. The molecule has 1 fully saturated rings. The molecule has 0 bridgehead atoms. The number of hydrogen-bond acceptors (Lipinski definition) is 2. The van der Waals surface area contributed by atoms with Gasteiger partial charge in [0.1, 0.15) is 5.84 Å². The average molecular weight is 243 g/mol. The molecule has 0 unspecified atom stereocenters. The van der Waals surface area contributed by atoms with Gasteiger partial charge in [-0.25, -0.2) is 5.84 Å². The number of rotatable bonds is 2. The van der Waals surface area contributed by atoms with E-state index in [0.717, 1.165) is 18.7 Å². The van der Waals surface area contributed by atoms with Crippen LogP contribution in [0.5, 0.6) is 0 Å². The van der Waals surface area contributed by atoms with E-state index in [9.17, 15) is 0 Å². The second-order valence-electron chi connectivity index (χ2n) is 5.47. The molecular weight excluding hydrogens is 222 g/mol. The van der Waals surface area contributed by atoms with Crippen molar-refractivity contribution in [1.29, 1.82) is 0 Å². The molecule has 1 aromatic rings. The highest BCUT2D eigenvalue weighted by atomic mass is 15.3. The van der Waals surface area contributed by atoms with Crippen molar-refractivity contribution in [2.45, 2.75) is 44.6 Å². The predicted octanol–water partition coefficient (Wildman–Crippen LogP) is 2.21. The zero-order chi connectivity index (χ0) is 12.4. The summed E-state index contributed by atoms with van der Waals surface area (Å²) in [5.41, 5.74) is 5.77. The van der Waals surface area contributed by atoms with E-state index in [1.807, 2.05) is 0 Å². The van der Waals surface area contributed by atoms with Crippen molar-refractivity contribution in [2.75, 3.05) is 0 Å². The summed E-state index contributed by atoms with van der Waals surface area (Å²) in [6.07, 6.45) is 7.24. The Morgan fingerprint density at radius 2 is 1.72 bits per heavy atom. The molecular formula is C15H21N3. The largest absolute Gasteiger partial charge is 0.312 e. The average Bonchev–Trinajstić information content (AvgIpc) is 3.04. The molecule has 2 aliphatic carbocycles. The van der Waals surface area contributed by atoms with Crippen LogP contribution in [0.3, 0.4) is 0 Å². The first-order valence-corrected chi connectivity index (χ1v) is 6.98. The molecule has 3 N–H and O–H groups in total. The van der Waals surface area contributed by atoms with Crippen molar-refractivity contribution in [3.05, 3.63) is 35.4 Å². The molecule has 0 heterocycles. The van der Waals surface area contributed by atoms with Crippen molar-refractivity contribution in [1.82, 2.24) is 5.43 Å². The fourth-order valence-corrected chi connectivity index (χ4v) is 3.24. The van der Waals surface area contributed by atoms with E-state index in [1.165, 1.54) is 36.8 Å². The summed E-state index contributed by atoms with van der Waals surface area (Å²) in [5.74, 6) is 7.15. The number of nitrogens with one attached hydrogen (secondary N) is 1. The Hall–Kier alpha value is -1.35. The van der Waals surface area contributed by atoms with Crippen LogP contribution in [-0.2, 0) is 12.8 Å². The van der Waals surface area contributed by atoms with Crippen LogP contribution in [0.2, 0.25) is 0 Å². The molecule has 3 nitrogen and oxygen atoms in total. The minimum absolute atomic E-state index is 0.452. The fourth-order valence-electron chi connectivity index (χ4n) is 3.24. The van der Waals surface area contributed by atoms with Crippen molar-refractivity contribution in [2.24, 2.45) is 16.8 Å². The van der Waals surface area contributed by atoms with E-state index in [0.29, 0.717) is 12.0 Å². The highest BCUT2D eigenvalue weighted by molar-refractivity contribution is 5.85. The maximum Gasteiger partial charge on any atom is 0.114 e. The van der Waals surface area contributed by atoms with Crippen LogP contribution in [0.25, 0.3) is 0 Å². The Morgan fingerprint density at radius 3 is 2.28 bits per heavy atom. The van der Waals surface area contributed by atoms with E-state index in [2.05, 4.69) is 29.7 Å². The maximum atomic E-state index is 5.68. The third-order valence-electron chi connectivity index (χ3n) is 4.23. The zero-order valence-electron chi connectivity index (χ0n) is 10.7. The van der Waals surface area contributed by atoms with Crippen LogP contribution in [-0.4, -0.2) is 11.9 Å². The highest BCUT2D eigenvalue weighted by Gasteiger charge is 2.26. The lowest BCUT2D eigenvalue weighted by Crippen LogP contribution is -2.37. The first-order chi connectivity index (χ1) is 8.86. The van der Waals surface area contributed by atoms with E-state index >= 15 is 0 Å². The molecule has 18 heavy (non-hydrogen) atoms. The van der Waals surface area contributed by atoms with Gasteiger partial charge in [-0.1, -0.05) is 37.1 Å². The molecule has 3 rings (SSSR count). The van der Waals surface area contributed by atoms with E-state index in [-0.39, 0.29) is 0 Å². The standard InChI is InChI=1S/C15H21N3/c16-18-15(17-14-7-3-4-8-14)13-9-11-5-1-2-6-12(11)10-13/h1-2,5-6,13-14H,3-4,7-10,16H2,(H,17,18). The zero-order valence-corrected chi connectivity index (χ0v) is 10.7. The molecule has 3 heteroatoms. The van der Waals surface area contributed by atoms with Crippen LogP contribution < -0.4 is 11.3 Å². The number of amidine groups is 1. The van der Waals surface area contributed by atoms with Gasteiger partial charge in [-0.2, -0.15) is 0 Å². The maximum absolute atomic E-state index is 5.68. The minimum atomic E-state index is 0.452. The third-order valence-corrected chi connectivity index (χ3v) is 4.23. The van der Waals surface area contributed by atoms with Crippen molar-refractivity contribution in [3.63, 3.8) is 0 Å². The Kier molecular flexibility index (Phi) is 3.33. The molecule has 0 saturated heterocycles. The lowest BCUT2D eigenvalue weighted by Gasteiger charge is -2.15. The van der Waals surface area contributed by atoms with Gasteiger partial charge >= 0.3 is 0 Å². The van der Waals surface area contributed by atoms with Gasteiger partial charge in [0.2, 0.25) is 0 Å². The van der Waals surface area contributed by atoms with Gasteiger partial charge < -0.3 is 5.43 Å². The number of nitrogens with two attached hydrogens (primary N) is 1. The molecule has 0 atom stereocenters. The smallest absolute Gasteiger partial charge is 0.114 e. The lowest BCUT2D eigenvalue weighted by molar-refractivity contribution is 0.654. The van der Waals surface area contributed by atoms with Crippen LogP contribution >= 0.6 is 0 Å². The van der Waals surface area contributed by atoms with Crippen LogP contribution in [0.15, 0.2) is 29.3 Å². The van der Waals surface area contributed by atoms with Crippen LogP contribution in [0.1, 0.15) is 36.8 Å². The van der Waals surface area contributed by atoms with E-state index in [4.69, 9.17) is 10.8 Å². The van der Waals surface area contributed by atoms with Gasteiger partial charge in [0.25, 0.3) is 0 Å². The Bertz CT molecular complexity index is 422. The summed E-state index contributed by atoms with van der Waals surface area (Å²) in [6.45, 7) is 0. The second-order valence-corrected chi connectivity index (χ2v) is 5.47. The first kappa shape index (κ1) is 11.7. The quantitative estimate of drug-likeness (QED) is 0.362. The summed E-state index contributed by atoms with van der Waals surface area (Å²) >= 11 is 0. The third kappa shape index (κ3) is 2.27. The minimum Gasteiger partial charge on any atom is -0.312 e. The molecule has 0 amide bonds. The van der Waals surface area contributed by atoms with Crippen molar-refractivity contribution < 1.29 is 0 Å². The van der Waals surface area contributed by atoms with E-state index < -0.39 is 0 Å². The van der Waals surface area contributed by atoms with Gasteiger partial charge in [0.15, 0.2) is 0 Å². The monoisotopic (exact) mass is 243 g/mol. The van der Waals surface area contributed by atoms with Crippen LogP contribution in [0.4, 0.5) is 0 Å². The Labute approximate surface area is 108 Å². The summed E-state index contributed by atoms with van der Waals surface area (Å²) in [5, 5.41) is 0. The molecule has 0 aliphatic heterocycles. The van der Waals surface area contributed by atoms with Crippen LogP contribution in [0, 0.1) is 5.92 Å². The number of hydrogen-bond donors (Lipinski definition) is 2. The van der Waals surface area contributed by atoms with Crippen molar-refractivity contribution in [3.8, 4) is 0 Å². The molecule has 0 spiro atoms. The van der Waals surface area contributed by atoms with Gasteiger partial charge in [-0.05, 0) is 36.8 Å². The number of hydrazine groups is 1. The molecule has 1 aromatic carbocycles. The molecule has 96 valence electrons. The topological polar surface area (TPSA) is 50.4 Å². The normalized spacial score (nSPS) is 21.3. The number of benzene rings is 1. The number of nitrogens with zero attached hydrogens (tertiary/aromatic N) is 1. The number of fused-ring (bicyclic) bond motifs is 1. The van der Waals surface area contributed by atoms with Gasteiger partial charge in [0, 0.05) is 5.92 Å². The Morgan fingerprint density at radius 1 is 1.11 bits per heavy atom. The summed E-state index contributed by atoms with van der Waals surface area (Å²) in [4.78, 5) is 4.84. The fraction of sp³-hybridized carbons (Fsp3) is 0.533. The highest BCUT2D eigenvalue weighted by Crippen LogP contribution is 2.28. The van der Waals surface area contributed by atoms with Gasteiger partial charge in [-0.3, -0.25) is 4.99 Å². The van der Waals surface area contributed by atoms with E-state index in [1.54, 1.807) is 0 Å². The molecule has 0 aromatic heterocycles. The lowest BCUT2D eigenvalue weighted by atomic mass is 10.0. The Balaban J connectivity index is 1.75. The van der Waals surface area contributed by atoms with Gasteiger partial charge in [0.05, 0.1) is 6.04 Å². The SMILES string of the molecule is NNC(=NC1CCCC1)C1Cc2ccccc2C1. The molecule has 0 radical (unpaired) electrons. The molecule has 1 saturated carbocycles.